The van der Waals surface area contributed by atoms with Crippen LogP contribution in [0.5, 0.6) is 0 Å². The monoisotopic (exact) mass is 325 g/mol. The highest BCUT2D eigenvalue weighted by atomic mass is 35.5. The van der Waals surface area contributed by atoms with Gasteiger partial charge in [0.2, 0.25) is 0 Å². The van der Waals surface area contributed by atoms with Crippen LogP contribution in [0.3, 0.4) is 0 Å². The highest BCUT2D eigenvalue weighted by Gasteiger charge is 2.41. The van der Waals surface area contributed by atoms with Gasteiger partial charge in [-0.2, -0.15) is 13.2 Å². The summed E-state index contributed by atoms with van der Waals surface area (Å²) in [5, 5.41) is 1.70. The molecule has 0 spiro atoms. The number of amides is 1. The average molecular weight is 326 g/mol. The summed E-state index contributed by atoms with van der Waals surface area (Å²) in [5.41, 5.74) is -2.17. The molecule has 1 fully saturated rings. The van der Waals surface area contributed by atoms with Gasteiger partial charge in [0.15, 0.2) is 0 Å². The molecule has 2 rings (SSSR count). The largest absolute Gasteiger partial charge is 0.449 e. The molecule has 1 aromatic carbocycles. The summed E-state index contributed by atoms with van der Waals surface area (Å²) in [6, 6.07) is 0.215. The number of benzene rings is 1. The standard InChI is InChI=1S/C13H12ClF4NO2/c1-12(2)5-21-11(20)19-10(12)7-3-6(13(16,17)18)4-8(14)9(7)15/h3-4,10H,5H2,1-2H3,(H,19,20)/t10-/m0/s1. The van der Waals surface area contributed by atoms with E-state index in [1.807, 2.05) is 0 Å². The van der Waals surface area contributed by atoms with Crippen LogP contribution in [0, 0.1) is 11.2 Å². The first-order chi connectivity index (χ1) is 9.52. The van der Waals surface area contributed by atoms with Crippen molar-refractivity contribution >= 4 is 17.7 Å². The maximum Gasteiger partial charge on any atom is 0.416 e. The number of carbonyl (C=O) groups excluding carboxylic acids is 1. The van der Waals surface area contributed by atoms with Crippen molar-refractivity contribution in [2.24, 2.45) is 5.41 Å². The van der Waals surface area contributed by atoms with Crippen LogP contribution in [0.4, 0.5) is 22.4 Å². The Labute approximate surface area is 123 Å². The lowest BCUT2D eigenvalue weighted by Gasteiger charge is -2.38. The molecule has 0 aromatic heterocycles. The molecule has 21 heavy (non-hydrogen) atoms. The fourth-order valence-electron chi connectivity index (χ4n) is 2.17. The van der Waals surface area contributed by atoms with Gasteiger partial charge in [-0.1, -0.05) is 25.4 Å². The Balaban J connectivity index is 2.56. The molecule has 0 saturated carbocycles. The van der Waals surface area contributed by atoms with Gasteiger partial charge in [-0.25, -0.2) is 9.18 Å². The van der Waals surface area contributed by atoms with Crippen LogP contribution in [0.2, 0.25) is 5.02 Å². The smallest absolute Gasteiger partial charge is 0.416 e. The SMILES string of the molecule is CC1(C)COC(=O)N[C@H]1c1cc(C(F)(F)F)cc(Cl)c1F. The van der Waals surface area contributed by atoms with Crippen LogP contribution >= 0.6 is 11.6 Å². The fourth-order valence-corrected chi connectivity index (χ4v) is 2.40. The van der Waals surface area contributed by atoms with Gasteiger partial charge in [-0.05, 0) is 12.1 Å². The van der Waals surface area contributed by atoms with E-state index in [1.165, 1.54) is 0 Å². The Kier molecular flexibility index (Phi) is 3.82. The third-order valence-electron chi connectivity index (χ3n) is 3.31. The predicted octanol–water partition coefficient (Wildman–Crippen LogP) is 4.31. The summed E-state index contributed by atoms with van der Waals surface area (Å²) in [6.45, 7) is 3.24. The van der Waals surface area contributed by atoms with E-state index in [0.717, 1.165) is 0 Å². The van der Waals surface area contributed by atoms with Crippen LogP contribution in [0.15, 0.2) is 12.1 Å². The van der Waals surface area contributed by atoms with E-state index in [4.69, 9.17) is 16.3 Å². The average Bonchev–Trinajstić information content (AvgIpc) is 2.34. The summed E-state index contributed by atoms with van der Waals surface area (Å²) >= 11 is 5.55. The zero-order chi connectivity index (χ0) is 16.0. The molecule has 0 aliphatic carbocycles. The Morgan fingerprint density at radius 2 is 2.00 bits per heavy atom. The normalized spacial score (nSPS) is 21.7. The van der Waals surface area contributed by atoms with Gasteiger partial charge in [0.25, 0.3) is 0 Å². The maximum absolute atomic E-state index is 14.1. The zero-order valence-electron chi connectivity index (χ0n) is 11.1. The molecule has 1 aliphatic rings. The number of alkyl halides is 3. The van der Waals surface area contributed by atoms with E-state index in [9.17, 15) is 22.4 Å². The van der Waals surface area contributed by atoms with Gasteiger partial charge < -0.3 is 10.1 Å². The number of rotatable bonds is 1. The van der Waals surface area contributed by atoms with Crippen molar-refractivity contribution in [1.29, 1.82) is 0 Å². The van der Waals surface area contributed by atoms with Gasteiger partial charge in [0.1, 0.15) is 12.4 Å². The van der Waals surface area contributed by atoms with Crippen molar-refractivity contribution in [3.8, 4) is 0 Å². The second-order valence-corrected chi connectivity index (χ2v) is 5.91. The van der Waals surface area contributed by atoms with E-state index in [2.05, 4.69) is 5.32 Å². The number of nitrogens with one attached hydrogen (secondary N) is 1. The second-order valence-electron chi connectivity index (χ2n) is 5.50. The van der Waals surface area contributed by atoms with Crippen LogP contribution in [0.25, 0.3) is 0 Å². The molecule has 116 valence electrons. The zero-order valence-corrected chi connectivity index (χ0v) is 11.9. The quantitative estimate of drug-likeness (QED) is 0.782. The molecule has 1 saturated heterocycles. The van der Waals surface area contributed by atoms with Crippen molar-refractivity contribution in [3.05, 3.63) is 34.1 Å². The first-order valence-electron chi connectivity index (χ1n) is 6.02. The summed E-state index contributed by atoms with van der Waals surface area (Å²) in [5.74, 6) is -0.982. The lowest BCUT2D eigenvalue weighted by atomic mass is 9.80. The van der Waals surface area contributed by atoms with Crippen LogP contribution < -0.4 is 5.32 Å². The van der Waals surface area contributed by atoms with Gasteiger partial charge in [-0.3, -0.25) is 0 Å². The molecule has 1 amide bonds. The molecular weight excluding hydrogens is 314 g/mol. The number of ether oxygens (including phenoxy) is 1. The van der Waals surface area contributed by atoms with Gasteiger partial charge in [0.05, 0.1) is 16.6 Å². The molecule has 0 bridgehead atoms. The third kappa shape index (κ3) is 3.07. The van der Waals surface area contributed by atoms with Gasteiger partial charge in [0, 0.05) is 11.0 Å². The highest BCUT2D eigenvalue weighted by molar-refractivity contribution is 6.30. The summed E-state index contributed by atoms with van der Waals surface area (Å²) in [6.07, 6.45) is -5.47. The summed E-state index contributed by atoms with van der Waals surface area (Å²) in [4.78, 5) is 11.3. The Morgan fingerprint density at radius 3 is 2.57 bits per heavy atom. The summed E-state index contributed by atoms with van der Waals surface area (Å²) in [7, 11) is 0. The number of alkyl carbamates (subject to hydrolysis) is 1. The number of hydrogen-bond donors (Lipinski definition) is 1. The molecule has 0 unspecified atom stereocenters. The first-order valence-corrected chi connectivity index (χ1v) is 6.39. The minimum atomic E-state index is -4.66. The van der Waals surface area contributed by atoms with Crippen molar-refractivity contribution in [1.82, 2.24) is 5.32 Å². The van der Waals surface area contributed by atoms with Crippen LogP contribution in [-0.4, -0.2) is 12.7 Å². The number of cyclic esters (lactones) is 1. The first kappa shape index (κ1) is 15.9. The molecule has 1 aromatic rings. The predicted molar refractivity (Wildman–Crippen MR) is 67.4 cm³/mol. The van der Waals surface area contributed by atoms with Crippen molar-refractivity contribution in [3.63, 3.8) is 0 Å². The molecule has 1 N–H and O–H groups in total. The molecular formula is C13H12ClF4NO2. The third-order valence-corrected chi connectivity index (χ3v) is 3.59. The van der Waals surface area contributed by atoms with E-state index >= 15 is 0 Å². The van der Waals surface area contributed by atoms with E-state index in [0.29, 0.717) is 12.1 Å². The van der Waals surface area contributed by atoms with E-state index in [1.54, 1.807) is 13.8 Å². The minimum absolute atomic E-state index is 0.0448. The molecule has 1 aliphatic heterocycles. The molecule has 1 heterocycles. The Morgan fingerprint density at radius 1 is 1.38 bits per heavy atom. The lowest BCUT2D eigenvalue weighted by molar-refractivity contribution is -0.137. The van der Waals surface area contributed by atoms with Crippen molar-refractivity contribution in [2.75, 3.05) is 6.61 Å². The van der Waals surface area contributed by atoms with Gasteiger partial charge in [-0.15, -0.1) is 0 Å². The van der Waals surface area contributed by atoms with Crippen molar-refractivity contribution in [2.45, 2.75) is 26.1 Å². The molecule has 0 radical (unpaired) electrons. The lowest BCUT2D eigenvalue weighted by Crippen LogP contribution is -2.47. The topological polar surface area (TPSA) is 38.3 Å². The summed E-state index contributed by atoms with van der Waals surface area (Å²) < 4.78 is 57.4. The molecule has 1 atom stereocenters. The fraction of sp³-hybridized carbons (Fsp3) is 0.462. The Hall–Kier alpha value is -1.50. The van der Waals surface area contributed by atoms with Crippen LogP contribution in [-0.2, 0) is 10.9 Å². The second kappa shape index (κ2) is 5.05. The highest BCUT2D eigenvalue weighted by Crippen LogP contribution is 2.41. The van der Waals surface area contributed by atoms with Crippen molar-refractivity contribution < 1.29 is 27.1 Å². The minimum Gasteiger partial charge on any atom is -0.449 e. The van der Waals surface area contributed by atoms with Gasteiger partial charge >= 0.3 is 12.3 Å². The number of halogens is 5. The Bertz CT molecular complexity index is 586. The van der Waals surface area contributed by atoms with E-state index in [-0.39, 0.29) is 12.2 Å². The number of carbonyl (C=O) groups is 1. The molecule has 3 nitrogen and oxygen atoms in total. The van der Waals surface area contributed by atoms with E-state index < -0.39 is 40.1 Å². The number of hydrogen-bond acceptors (Lipinski definition) is 2. The molecule has 8 heteroatoms. The van der Waals surface area contributed by atoms with Crippen LogP contribution in [0.1, 0.15) is 31.0 Å². The maximum atomic E-state index is 14.1.